The molecule has 0 saturated heterocycles. The topological polar surface area (TPSA) is 0 Å². The maximum Gasteiger partial charge on any atom is 0.344 e. The third kappa shape index (κ3) is 9.67. The van der Waals surface area contributed by atoms with E-state index in [9.17, 15) is 0 Å². The molecule has 0 atom stereocenters. The quantitative estimate of drug-likeness (QED) is 0.394. The van der Waals surface area contributed by atoms with Crippen molar-refractivity contribution in [3.63, 3.8) is 0 Å². The molecule has 0 aliphatic carbocycles. The highest BCUT2D eigenvalue weighted by atomic mass is 35.8. The van der Waals surface area contributed by atoms with E-state index in [1.165, 1.54) is 0 Å². The van der Waals surface area contributed by atoms with Gasteiger partial charge in [-0.1, -0.05) is 0 Å². The zero-order valence-corrected chi connectivity index (χ0v) is 9.38. The highest BCUT2D eigenvalue weighted by Gasteiger charge is 2.34. The van der Waals surface area contributed by atoms with Crippen LogP contribution in [0.4, 0.5) is 0 Å². The Bertz CT molecular complexity index is 77.4. The van der Waals surface area contributed by atoms with E-state index in [0.717, 1.165) is 0 Å². The SMILES string of the molecule is CC(Cl)(Cl)C[Si](Cl)(Cl)Cl. The fourth-order valence-electron chi connectivity index (χ4n) is 0.352. The van der Waals surface area contributed by atoms with E-state index < -0.39 is 10.3 Å². The molecule has 0 radical (unpaired) electrons. The number of hydrogen-bond acceptors (Lipinski definition) is 0. The summed E-state index contributed by atoms with van der Waals surface area (Å²) in [6.45, 7) is 1.60. The number of halogens is 5. The zero-order valence-electron chi connectivity index (χ0n) is 4.60. The largest absolute Gasteiger partial charge is 0.344 e. The minimum absolute atomic E-state index is 0.258. The summed E-state index contributed by atoms with van der Waals surface area (Å²) in [7, 11) is 0. The van der Waals surface area contributed by atoms with Gasteiger partial charge in [0.05, 0.1) is 0 Å². The molecule has 0 nitrogen and oxygen atoms in total. The Hall–Kier alpha value is 1.67. The predicted octanol–water partition coefficient (Wildman–Crippen LogP) is 3.84. The summed E-state index contributed by atoms with van der Waals surface area (Å²) in [6, 6.07) is -2.38. The van der Waals surface area contributed by atoms with E-state index in [-0.39, 0.29) is 6.04 Å². The first-order valence-electron chi connectivity index (χ1n) is 2.15. The zero-order chi connectivity index (χ0) is 7.71. The predicted molar refractivity (Wildman–Crippen MR) is 48.2 cm³/mol. The Morgan fingerprint density at radius 2 is 1.56 bits per heavy atom. The van der Waals surface area contributed by atoms with Crippen molar-refractivity contribution in [3.05, 3.63) is 0 Å². The van der Waals surface area contributed by atoms with Crippen LogP contribution in [0.15, 0.2) is 0 Å². The van der Waals surface area contributed by atoms with Gasteiger partial charge in [-0.25, -0.2) is 0 Å². The minimum Gasteiger partial charge on any atom is -0.126 e. The van der Waals surface area contributed by atoms with Gasteiger partial charge in [-0.15, -0.1) is 56.4 Å². The molecule has 0 aromatic carbocycles. The third-order valence-corrected chi connectivity index (χ3v) is 3.54. The van der Waals surface area contributed by atoms with Gasteiger partial charge in [-0.2, -0.15) is 0 Å². The van der Waals surface area contributed by atoms with Crippen LogP contribution >= 0.6 is 56.4 Å². The average Bonchev–Trinajstić information content (AvgIpc) is 1.14. The summed E-state index contributed by atoms with van der Waals surface area (Å²) in [5, 5.41) is 0. The molecular weight excluding hydrogens is 241 g/mol. The molecule has 0 rings (SSSR count). The standard InChI is InChI=1S/C3H5Cl5Si/c1-3(4,5)2-9(6,7)8/h2H2,1H3. The molecule has 0 heterocycles. The Balaban J connectivity index is 3.75. The van der Waals surface area contributed by atoms with Crippen LogP contribution in [0.2, 0.25) is 6.04 Å². The molecule has 0 aliphatic rings. The fraction of sp³-hybridized carbons (Fsp3) is 1.00. The van der Waals surface area contributed by atoms with Gasteiger partial charge in [-0.05, 0) is 6.92 Å². The van der Waals surface area contributed by atoms with Gasteiger partial charge in [-0.3, -0.25) is 0 Å². The molecule has 0 amide bonds. The van der Waals surface area contributed by atoms with Crippen molar-refractivity contribution in [3.8, 4) is 0 Å². The molecule has 0 unspecified atom stereocenters. The van der Waals surface area contributed by atoms with E-state index in [4.69, 9.17) is 56.4 Å². The third-order valence-electron chi connectivity index (χ3n) is 0.511. The van der Waals surface area contributed by atoms with E-state index in [0.29, 0.717) is 0 Å². The van der Waals surface area contributed by atoms with Crippen molar-refractivity contribution >= 4 is 62.4 Å². The van der Waals surface area contributed by atoms with Crippen LogP contribution in [0.25, 0.3) is 0 Å². The van der Waals surface area contributed by atoms with Gasteiger partial charge >= 0.3 is 6.00 Å². The van der Waals surface area contributed by atoms with Crippen LogP contribution in [-0.4, -0.2) is 10.3 Å². The molecule has 0 bridgehead atoms. The van der Waals surface area contributed by atoms with Crippen molar-refractivity contribution in [2.45, 2.75) is 17.3 Å². The molecule has 0 saturated carbocycles. The molecular formula is C3H5Cl5Si. The molecule has 0 aliphatic heterocycles. The molecule has 0 N–H and O–H groups in total. The lowest BCUT2D eigenvalue weighted by Crippen LogP contribution is -2.20. The van der Waals surface area contributed by atoms with Gasteiger partial charge < -0.3 is 0 Å². The second-order valence-corrected chi connectivity index (χ2v) is 12.9. The Morgan fingerprint density at radius 1 is 1.22 bits per heavy atom. The first kappa shape index (κ1) is 10.7. The first-order valence-corrected chi connectivity index (χ1v) is 8.15. The van der Waals surface area contributed by atoms with Gasteiger partial charge in [0, 0.05) is 6.04 Å². The molecule has 0 aromatic heterocycles. The number of hydrogen-bond donors (Lipinski definition) is 0. The highest BCUT2D eigenvalue weighted by molar-refractivity contribution is 7.65. The lowest BCUT2D eigenvalue weighted by Gasteiger charge is -2.16. The molecule has 9 heavy (non-hydrogen) atoms. The van der Waals surface area contributed by atoms with E-state index in [1.807, 2.05) is 0 Å². The fourth-order valence-corrected chi connectivity index (χ4v) is 5.90. The monoisotopic (exact) mass is 244 g/mol. The Labute approximate surface area is 79.5 Å². The van der Waals surface area contributed by atoms with Crippen molar-refractivity contribution in [2.24, 2.45) is 0 Å². The second kappa shape index (κ2) is 3.38. The Kier molecular flexibility index (Phi) is 4.00. The first-order chi connectivity index (χ1) is 3.71. The molecule has 56 valence electrons. The minimum atomic E-state index is -2.64. The average molecular weight is 246 g/mol. The van der Waals surface area contributed by atoms with Crippen LogP contribution in [0.5, 0.6) is 0 Å². The summed E-state index contributed by atoms with van der Waals surface area (Å²) in [5.41, 5.74) is 0. The van der Waals surface area contributed by atoms with Gasteiger partial charge in [0.25, 0.3) is 0 Å². The van der Waals surface area contributed by atoms with Crippen molar-refractivity contribution < 1.29 is 0 Å². The summed E-state index contributed by atoms with van der Waals surface area (Å²) in [4.78, 5) is 0. The summed E-state index contributed by atoms with van der Waals surface area (Å²) in [5.74, 6) is 0. The van der Waals surface area contributed by atoms with E-state index >= 15 is 0 Å². The maximum atomic E-state index is 5.56. The molecule has 0 fully saturated rings. The Morgan fingerprint density at radius 3 is 1.56 bits per heavy atom. The van der Waals surface area contributed by atoms with Gasteiger partial charge in [0.1, 0.15) is 4.33 Å². The highest BCUT2D eigenvalue weighted by Crippen LogP contribution is 2.37. The smallest absolute Gasteiger partial charge is 0.126 e. The number of rotatable bonds is 2. The second-order valence-electron chi connectivity index (χ2n) is 1.86. The van der Waals surface area contributed by atoms with E-state index in [1.54, 1.807) is 6.92 Å². The summed E-state index contributed by atoms with van der Waals surface area (Å²) < 4.78 is -0.905. The summed E-state index contributed by atoms with van der Waals surface area (Å²) in [6.07, 6.45) is 0. The van der Waals surface area contributed by atoms with Crippen LogP contribution in [0.3, 0.4) is 0 Å². The molecule has 0 aromatic rings. The van der Waals surface area contributed by atoms with Crippen LogP contribution < -0.4 is 0 Å². The maximum absolute atomic E-state index is 5.56. The lowest BCUT2D eigenvalue weighted by molar-refractivity contribution is 0.984. The van der Waals surface area contributed by atoms with Crippen molar-refractivity contribution in [1.29, 1.82) is 0 Å². The normalized spacial score (nSPS) is 14.0. The van der Waals surface area contributed by atoms with Crippen LogP contribution in [0, 0.1) is 0 Å². The molecule has 0 spiro atoms. The van der Waals surface area contributed by atoms with Gasteiger partial charge in [0.15, 0.2) is 0 Å². The van der Waals surface area contributed by atoms with E-state index in [2.05, 4.69) is 0 Å². The van der Waals surface area contributed by atoms with Gasteiger partial charge in [0.2, 0.25) is 0 Å². The van der Waals surface area contributed by atoms with Crippen LogP contribution in [0.1, 0.15) is 6.92 Å². The lowest BCUT2D eigenvalue weighted by atomic mass is 10.5. The number of alkyl halides is 2. The van der Waals surface area contributed by atoms with Crippen molar-refractivity contribution in [1.82, 2.24) is 0 Å². The summed E-state index contributed by atoms with van der Waals surface area (Å²) >= 11 is 27.7. The molecule has 6 heteroatoms. The van der Waals surface area contributed by atoms with Crippen LogP contribution in [-0.2, 0) is 0 Å². The van der Waals surface area contributed by atoms with Crippen molar-refractivity contribution in [2.75, 3.05) is 0 Å².